The van der Waals surface area contributed by atoms with E-state index in [0.29, 0.717) is 5.56 Å². The average Bonchev–Trinajstić information content (AvgIpc) is 3.12. The van der Waals surface area contributed by atoms with Crippen LogP contribution in [0.4, 0.5) is 0 Å². The molecule has 1 amide bonds. The molecule has 0 aromatic heterocycles. The number of hydrogen-bond donors (Lipinski definition) is 2. The Hall–Kier alpha value is -1.11. The van der Waals surface area contributed by atoms with Crippen molar-refractivity contribution in [1.82, 2.24) is 5.32 Å². The first kappa shape index (κ1) is 13.3. The molecule has 2 N–H and O–H groups in total. The first-order valence-electron chi connectivity index (χ1n) is 5.75. The molecule has 0 aliphatic heterocycles. The van der Waals surface area contributed by atoms with E-state index >= 15 is 0 Å². The summed E-state index contributed by atoms with van der Waals surface area (Å²) >= 11 is 2.12. The van der Waals surface area contributed by atoms with Crippen LogP contribution >= 0.6 is 22.6 Å². The second kappa shape index (κ2) is 4.87. The summed E-state index contributed by atoms with van der Waals surface area (Å²) in [5.74, 6) is -1.25. The standard InChI is InChI=1S/C13H14INO3/c1-13(12(17)18,9-5-6-9)15-11(16)8-3-2-4-10(14)7-8/h2-4,7,9H,5-6H2,1H3,(H,15,16)(H,17,18). The van der Waals surface area contributed by atoms with Gasteiger partial charge in [0.05, 0.1) is 0 Å². The van der Waals surface area contributed by atoms with Crippen LogP contribution in [0.3, 0.4) is 0 Å². The molecule has 1 atom stereocenters. The summed E-state index contributed by atoms with van der Waals surface area (Å²) in [6, 6.07) is 7.10. The van der Waals surface area contributed by atoms with Crippen molar-refractivity contribution in [1.29, 1.82) is 0 Å². The molecule has 1 unspecified atom stereocenters. The number of amides is 1. The highest BCUT2D eigenvalue weighted by Gasteiger charge is 2.48. The van der Waals surface area contributed by atoms with Crippen molar-refractivity contribution in [2.75, 3.05) is 0 Å². The molecule has 18 heavy (non-hydrogen) atoms. The molecule has 96 valence electrons. The van der Waals surface area contributed by atoms with Crippen molar-refractivity contribution in [3.8, 4) is 0 Å². The van der Waals surface area contributed by atoms with Gasteiger partial charge in [-0.2, -0.15) is 0 Å². The molecule has 1 aromatic carbocycles. The molecule has 0 saturated heterocycles. The molecule has 0 bridgehead atoms. The molecule has 1 fully saturated rings. The molecule has 2 rings (SSSR count). The lowest BCUT2D eigenvalue weighted by Gasteiger charge is -2.26. The maximum absolute atomic E-state index is 12.1. The highest BCUT2D eigenvalue weighted by Crippen LogP contribution is 2.39. The minimum absolute atomic E-state index is 0.0433. The Morgan fingerprint density at radius 3 is 2.61 bits per heavy atom. The van der Waals surface area contributed by atoms with E-state index in [1.54, 1.807) is 25.1 Å². The summed E-state index contributed by atoms with van der Waals surface area (Å²) in [7, 11) is 0. The normalized spacial score (nSPS) is 17.9. The van der Waals surface area contributed by atoms with Gasteiger partial charge in [-0.25, -0.2) is 4.79 Å². The quantitative estimate of drug-likeness (QED) is 0.811. The van der Waals surface area contributed by atoms with Gasteiger partial charge in [0, 0.05) is 9.13 Å². The number of carbonyl (C=O) groups excluding carboxylic acids is 1. The lowest BCUT2D eigenvalue weighted by Crippen LogP contribution is -2.54. The van der Waals surface area contributed by atoms with Gasteiger partial charge in [-0.3, -0.25) is 4.79 Å². The van der Waals surface area contributed by atoms with Crippen molar-refractivity contribution >= 4 is 34.5 Å². The summed E-state index contributed by atoms with van der Waals surface area (Å²) in [6.45, 7) is 1.58. The van der Waals surface area contributed by atoms with Crippen LogP contribution in [0.15, 0.2) is 24.3 Å². The molecular formula is C13H14INO3. The number of nitrogens with one attached hydrogen (secondary N) is 1. The van der Waals surface area contributed by atoms with Crippen LogP contribution in [0.25, 0.3) is 0 Å². The van der Waals surface area contributed by atoms with Crippen LogP contribution in [-0.2, 0) is 4.79 Å². The van der Waals surface area contributed by atoms with Crippen molar-refractivity contribution in [3.63, 3.8) is 0 Å². The third kappa shape index (κ3) is 2.66. The monoisotopic (exact) mass is 359 g/mol. The Kier molecular flexibility index (Phi) is 3.61. The molecule has 1 aromatic rings. The van der Waals surface area contributed by atoms with Gasteiger partial charge < -0.3 is 10.4 Å². The largest absolute Gasteiger partial charge is 0.480 e. The van der Waals surface area contributed by atoms with E-state index in [4.69, 9.17) is 0 Å². The van der Waals surface area contributed by atoms with Gasteiger partial charge in [-0.15, -0.1) is 0 Å². The highest BCUT2D eigenvalue weighted by atomic mass is 127. The topological polar surface area (TPSA) is 66.4 Å². The van der Waals surface area contributed by atoms with E-state index in [2.05, 4.69) is 27.9 Å². The predicted octanol–water partition coefficient (Wildman–Crippen LogP) is 2.27. The van der Waals surface area contributed by atoms with E-state index in [0.717, 1.165) is 16.4 Å². The summed E-state index contributed by atoms with van der Waals surface area (Å²) < 4.78 is 0.948. The maximum Gasteiger partial charge on any atom is 0.329 e. The molecule has 1 aliphatic rings. The molecule has 0 radical (unpaired) electrons. The SMILES string of the molecule is CC(NC(=O)c1cccc(I)c1)(C(=O)O)C1CC1. The van der Waals surface area contributed by atoms with Crippen LogP contribution in [0.5, 0.6) is 0 Å². The van der Waals surface area contributed by atoms with Crippen LogP contribution in [0.1, 0.15) is 30.1 Å². The van der Waals surface area contributed by atoms with Gasteiger partial charge in [0.2, 0.25) is 0 Å². The summed E-state index contributed by atoms with van der Waals surface area (Å²) in [5.41, 5.74) is -0.659. The van der Waals surface area contributed by atoms with Crippen molar-refractivity contribution in [2.45, 2.75) is 25.3 Å². The van der Waals surface area contributed by atoms with Crippen LogP contribution in [0.2, 0.25) is 0 Å². The lowest BCUT2D eigenvalue weighted by molar-refractivity contribution is -0.144. The molecule has 4 nitrogen and oxygen atoms in total. The number of carboxylic acid groups (broad SMARTS) is 1. The average molecular weight is 359 g/mol. The number of aliphatic carboxylic acids is 1. The third-order valence-electron chi connectivity index (χ3n) is 3.30. The van der Waals surface area contributed by atoms with Crippen LogP contribution in [0, 0.1) is 9.49 Å². The number of halogens is 1. The number of benzene rings is 1. The lowest BCUT2D eigenvalue weighted by atomic mass is 9.95. The van der Waals surface area contributed by atoms with Gasteiger partial charge in [0.1, 0.15) is 5.54 Å². The predicted molar refractivity (Wildman–Crippen MR) is 75.4 cm³/mol. The van der Waals surface area contributed by atoms with E-state index in [-0.39, 0.29) is 11.8 Å². The Morgan fingerprint density at radius 1 is 1.44 bits per heavy atom. The zero-order valence-electron chi connectivity index (χ0n) is 9.94. The number of rotatable bonds is 4. The first-order chi connectivity index (χ1) is 8.43. The third-order valence-corrected chi connectivity index (χ3v) is 3.97. The summed E-state index contributed by atoms with van der Waals surface area (Å²) in [5, 5.41) is 11.9. The van der Waals surface area contributed by atoms with Gasteiger partial charge in [0.15, 0.2) is 0 Å². The molecule has 5 heteroatoms. The second-order valence-electron chi connectivity index (χ2n) is 4.75. The van der Waals surface area contributed by atoms with Crippen molar-refractivity contribution < 1.29 is 14.7 Å². The maximum atomic E-state index is 12.1. The van der Waals surface area contributed by atoms with Crippen molar-refractivity contribution in [2.24, 2.45) is 5.92 Å². The van der Waals surface area contributed by atoms with Crippen LogP contribution in [-0.4, -0.2) is 22.5 Å². The molecule has 1 saturated carbocycles. The van der Waals surface area contributed by atoms with E-state index in [9.17, 15) is 14.7 Å². The zero-order chi connectivity index (χ0) is 13.3. The number of hydrogen-bond acceptors (Lipinski definition) is 2. The Balaban J connectivity index is 2.17. The molecule has 0 spiro atoms. The summed E-state index contributed by atoms with van der Waals surface area (Å²) in [4.78, 5) is 23.4. The Bertz CT molecular complexity index is 499. The Labute approximate surface area is 119 Å². The minimum atomic E-state index is -1.15. The van der Waals surface area contributed by atoms with Crippen molar-refractivity contribution in [3.05, 3.63) is 33.4 Å². The van der Waals surface area contributed by atoms with Gasteiger partial charge in [-0.05, 0) is 66.5 Å². The second-order valence-corrected chi connectivity index (χ2v) is 5.99. The smallest absolute Gasteiger partial charge is 0.329 e. The van der Waals surface area contributed by atoms with Gasteiger partial charge >= 0.3 is 5.97 Å². The first-order valence-corrected chi connectivity index (χ1v) is 6.83. The van der Waals surface area contributed by atoms with Gasteiger partial charge in [0.25, 0.3) is 5.91 Å². The van der Waals surface area contributed by atoms with Crippen LogP contribution < -0.4 is 5.32 Å². The minimum Gasteiger partial charge on any atom is -0.480 e. The highest BCUT2D eigenvalue weighted by molar-refractivity contribution is 14.1. The molecule has 0 heterocycles. The number of carbonyl (C=O) groups is 2. The molecule has 1 aliphatic carbocycles. The van der Waals surface area contributed by atoms with Gasteiger partial charge in [-0.1, -0.05) is 6.07 Å². The molecular weight excluding hydrogens is 345 g/mol. The van der Waals surface area contributed by atoms with E-state index in [1.165, 1.54) is 0 Å². The fraction of sp³-hybridized carbons (Fsp3) is 0.385. The zero-order valence-corrected chi connectivity index (χ0v) is 12.1. The fourth-order valence-corrected chi connectivity index (χ4v) is 2.47. The van der Waals surface area contributed by atoms with E-state index in [1.807, 2.05) is 6.07 Å². The Morgan fingerprint density at radius 2 is 2.11 bits per heavy atom. The number of carboxylic acids is 1. The summed E-state index contributed by atoms with van der Waals surface area (Å²) in [6.07, 6.45) is 1.71. The fourth-order valence-electron chi connectivity index (χ4n) is 1.93. The van der Waals surface area contributed by atoms with E-state index < -0.39 is 11.5 Å².